The zero-order valence-electron chi connectivity index (χ0n) is 9.87. The van der Waals surface area contributed by atoms with Crippen LogP contribution in [0, 0.1) is 17.3 Å². The van der Waals surface area contributed by atoms with E-state index in [1.165, 1.54) is 38.8 Å². The third-order valence-electron chi connectivity index (χ3n) is 5.15. The van der Waals surface area contributed by atoms with Gasteiger partial charge in [-0.2, -0.15) is 0 Å². The molecular formula is C13H22BrNO. The van der Waals surface area contributed by atoms with Gasteiger partial charge in [0.1, 0.15) is 0 Å². The van der Waals surface area contributed by atoms with Crippen LogP contribution in [0.4, 0.5) is 0 Å². The van der Waals surface area contributed by atoms with Crippen LogP contribution in [0.2, 0.25) is 0 Å². The Kier molecular flexibility index (Phi) is 3.05. The van der Waals surface area contributed by atoms with Crippen LogP contribution < -0.4 is 0 Å². The minimum absolute atomic E-state index is 0.00342. The largest absolute Gasteiger partial charge is 0.393 e. The average molecular weight is 288 g/mol. The summed E-state index contributed by atoms with van der Waals surface area (Å²) in [7, 11) is 0. The van der Waals surface area contributed by atoms with Crippen molar-refractivity contribution in [1.29, 1.82) is 0 Å². The van der Waals surface area contributed by atoms with E-state index in [4.69, 9.17) is 0 Å². The Hall–Kier alpha value is 0.400. The van der Waals surface area contributed by atoms with Crippen LogP contribution in [0.25, 0.3) is 0 Å². The van der Waals surface area contributed by atoms with E-state index in [1.54, 1.807) is 0 Å². The summed E-state index contributed by atoms with van der Waals surface area (Å²) in [6.07, 6.45) is 6.50. The summed E-state index contributed by atoms with van der Waals surface area (Å²) >= 11 is 3.69. The average Bonchev–Trinajstić information content (AvgIpc) is 2.75. The molecule has 0 bridgehead atoms. The first-order valence-electron chi connectivity index (χ1n) is 6.69. The van der Waals surface area contributed by atoms with Crippen molar-refractivity contribution in [3.63, 3.8) is 0 Å². The fourth-order valence-corrected chi connectivity index (χ4v) is 4.68. The van der Waals surface area contributed by atoms with Gasteiger partial charge in [-0.05, 0) is 37.0 Å². The second-order valence-corrected chi connectivity index (χ2v) is 6.81. The summed E-state index contributed by atoms with van der Waals surface area (Å²) in [5.41, 5.74) is 0.573. The highest BCUT2D eigenvalue weighted by atomic mass is 79.9. The Morgan fingerprint density at radius 3 is 2.62 bits per heavy atom. The van der Waals surface area contributed by atoms with Crippen LogP contribution in [-0.4, -0.2) is 41.1 Å². The van der Waals surface area contributed by atoms with Gasteiger partial charge in [0.2, 0.25) is 0 Å². The van der Waals surface area contributed by atoms with Crippen LogP contribution >= 0.6 is 15.9 Å². The highest BCUT2D eigenvalue weighted by Gasteiger charge is 2.45. The molecule has 3 atom stereocenters. The number of rotatable bonds is 3. The fraction of sp³-hybridized carbons (Fsp3) is 1.00. The van der Waals surface area contributed by atoms with Crippen LogP contribution in [0.3, 0.4) is 0 Å². The van der Waals surface area contributed by atoms with Crippen molar-refractivity contribution in [2.75, 3.05) is 25.0 Å². The summed E-state index contributed by atoms with van der Waals surface area (Å²) in [6, 6.07) is 0. The summed E-state index contributed by atoms with van der Waals surface area (Å²) in [5.74, 6) is 1.38. The smallest absolute Gasteiger partial charge is 0.0583 e. The number of hydrogen-bond acceptors (Lipinski definition) is 2. The lowest BCUT2D eigenvalue weighted by Gasteiger charge is -2.43. The number of hydrogen-bond donors (Lipinski definition) is 1. The van der Waals surface area contributed by atoms with Gasteiger partial charge >= 0.3 is 0 Å². The lowest BCUT2D eigenvalue weighted by atomic mass is 9.70. The molecule has 0 spiro atoms. The number of alkyl halides is 1. The molecule has 0 aromatic carbocycles. The molecule has 2 nitrogen and oxygen atoms in total. The Morgan fingerprint density at radius 1 is 1.25 bits per heavy atom. The second kappa shape index (κ2) is 4.25. The SMILES string of the molecule is OC1CCC2CN(CC3(CBr)CCC3)CC12. The molecule has 0 amide bonds. The molecule has 0 radical (unpaired) electrons. The van der Waals surface area contributed by atoms with Crippen molar-refractivity contribution >= 4 is 15.9 Å². The predicted octanol–water partition coefficient (Wildman–Crippen LogP) is 2.25. The fourth-order valence-electron chi connectivity index (χ4n) is 3.94. The van der Waals surface area contributed by atoms with Crippen molar-refractivity contribution in [3.05, 3.63) is 0 Å². The molecule has 2 aliphatic carbocycles. The van der Waals surface area contributed by atoms with Gasteiger partial charge in [-0.1, -0.05) is 22.4 Å². The van der Waals surface area contributed by atoms with E-state index in [0.29, 0.717) is 11.3 Å². The van der Waals surface area contributed by atoms with Gasteiger partial charge in [-0.25, -0.2) is 0 Å². The zero-order valence-corrected chi connectivity index (χ0v) is 11.5. The Balaban J connectivity index is 1.58. The van der Waals surface area contributed by atoms with Crippen LogP contribution in [-0.2, 0) is 0 Å². The first-order valence-corrected chi connectivity index (χ1v) is 7.81. The molecule has 1 N–H and O–H groups in total. The highest BCUT2D eigenvalue weighted by molar-refractivity contribution is 9.09. The number of halogens is 1. The molecule has 0 aromatic heterocycles. The molecule has 92 valence electrons. The minimum Gasteiger partial charge on any atom is -0.393 e. The van der Waals surface area contributed by atoms with E-state index in [0.717, 1.165) is 24.2 Å². The second-order valence-electron chi connectivity index (χ2n) is 6.25. The molecule has 3 aliphatic rings. The normalized spacial score (nSPS) is 42.0. The molecule has 0 aromatic rings. The molecule has 3 fully saturated rings. The number of aliphatic hydroxyl groups excluding tert-OH is 1. The minimum atomic E-state index is -0.00342. The van der Waals surface area contributed by atoms with E-state index in [1.807, 2.05) is 0 Å². The van der Waals surface area contributed by atoms with Crippen molar-refractivity contribution < 1.29 is 5.11 Å². The Morgan fingerprint density at radius 2 is 2.06 bits per heavy atom. The number of fused-ring (bicyclic) bond motifs is 1. The molecule has 2 saturated carbocycles. The Labute approximate surface area is 107 Å². The maximum Gasteiger partial charge on any atom is 0.0583 e. The van der Waals surface area contributed by atoms with Crippen LogP contribution in [0.5, 0.6) is 0 Å². The molecule has 16 heavy (non-hydrogen) atoms. The van der Waals surface area contributed by atoms with Gasteiger partial charge < -0.3 is 10.0 Å². The molecular weight excluding hydrogens is 266 g/mol. The van der Waals surface area contributed by atoms with E-state index in [2.05, 4.69) is 20.8 Å². The molecule has 1 heterocycles. The maximum atomic E-state index is 9.91. The van der Waals surface area contributed by atoms with E-state index >= 15 is 0 Å². The maximum absolute atomic E-state index is 9.91. The standard InChI is InChI=1S/C13H22BrNO/c14-8-13(4-1-5-13)9-15-6-10-2-3-12(16)11(10)7-15/h10-12,16H,1-9H2. The highest BCUT2D eigenvalue weighted by Crippen LogP contribution is 2.45. The lowest BCUT2D eigenvalue weighted by molar-refractivity contribution is 0.0861. The van der Waals surface area contributed by atoms with E-state index < -0.39 is 0 Å². The van der Waals surface area contributed by atoms with Crippen LogP contribution in [0.15, 0.2) is 0 Å². The quantitative estimate of drug-likeness (QED) is 0.805. The first-order chi connectivity index (χ1) is 7.72. The topological polar surface area (TPSA) is 23.5 Å². The van der Waals surface area contributed by atoms with Crippen molar-refractivity contribution in [2.24, 2.45) is 17.3 Å². The van der Waals surface area contributed by atoms with Gasteiger partial charge in [0.15, 0.2) is 0 Å². The van der Waals surface area contributed by atoms with Gasteiger partial charge in [0.05, 0.1) is 6.10 Å². The molecule has 1 aliphatic heterocycles. The van der Waals surface area contributed by atoms with Crippen molar-refractivity contribution in [2.45, 2.75) is 38.2 Å². The van der Waals surface area contributed by atoms with E-state index in [9.17, 15) is 5.11 Å². The number of aliphatic hydroxyl groups is 1. The van der Waals surface area contributed by atoms with Crippen molar-refractivity contribution in [3.8, 4) is 0 Å². The van der Waals surface area contributed by atoms with Crippen LogP contribution in [0.1, 0.15) is 32.1 Å². The number of likely N-dealkylation sites (tertiary alicyclic amines) is 1. The third-order valence-corrected chi connectivity index (χ3v) is 6.34. The summed E-state index contributed by atoms with van der Waals surface area (Å²) in [4.78, 5) is 2.62. The van der Waals surface area contributed by atoms with Crippen molar-refractivity contribution in [1.82, 2.24) is 4.90 Å². The van der Waals surface area contributed by atoms with Gasteiger partial charge in [0, 0.05) is 30.9 Å². The predicted molar refractivity (Wildman–Crippen MR) is 68.7 cm³/mol. The monoisotopic (exact) mass is 287 g/mol. The molecule has 3 unspecified atom stereocenters. The first kappa shape index (κ1) is 11.5. The van der Waals surface area contributed by atoms with Gasteiger partial charge in [-0.15, -0.1) is 0 Å². The molecule has 3 rings (SSSR count). The summed E-state index contributed by atoms with van der Waals surface area (Å²) in [6.45, 7) is 3.66. The molecule has 1 saturated heterocycles. The van der Waals surface area contributed by atoms with Gasteiger partial charge in [-0.3, -0.25) is 0 Å². The lowest BCUT2D eigenvalue weighted by Crippen LogP contribution is -2.43. The number of nitrogens with zero attached hydrogens (tertiary/aromatic N) is 1. The summed E-state index contributed by atoms with van der Waals surface area (Å²) < 4.78 is 0. The Bertz CT molecular complexity index is 261. The summed E-state index contributed by atoms with van der Waals surface area (Å²) in [5, 5.41) is 11.1. The molecule has 3 heteroatoms. The zero-order chi connectivity index (χ0) is 11.2. The van der Waals surface area contributed by atoms with E-state index in [-0.39, 0.29) is 6.10 Å². The third kappa shape index (κ3) is 1.85. The van der Waals surface area contributed by atoms with Gasteiger partial charge in [0.25, 0.3) is 0 Å².